The monoisotopic (exact) mass is 367 g/mol. The molecule has 28 heavy (non-hydrogen) atoms. The van der Waals surface area contributed by atoms with Crippen LogP contribution in [0.5, 0.6) is 0 Å². The minimum Gasteiger partial charge on any atom is -0.326 e. The lowest BCUT2D eigenvalue weighted by Crippen LogP contribution is -2.16. The van der Waals surface area contributed by atoms with Crippen LogP contribution in [0.2, 0.25) is 0 Å². The Labute approximate surface area is 161 Å². The van der Waals surface area contributed by atoms with Crippen LogP contribution in [0, 0.1) is 0 Å². The zero-order chi connectivity index (χ0) is 19.7. The van der Waals surface area contributed by atoms with E-state index in [1.54, 1.807) is 18.2 Å². The Morgan fingerprint density at radius 3 is 1.89 bits per heavy atom. The molecule has 0 unspecified atom stereocenters. The summed E-state index contributed by atoms with van der Waals surface area (Å²) < 4.78 is 0. The van der Waals surface area contributed by atoms with Crippen molar-refractivity contribution in [2.45, 2.75) is 6.92 Å². The quantitative estimate of drug-likeness (QED) is 0.313. The number of benzene rings is 4. The minimum atomic E-state index is -0.603. The predicted octanol–water partition coefficient (Wildman–Crippen LogP) is 5.02. The molecular formula is C24H17NO3. The van der Waals surface area contributed by atoms with E-state index in [9.17, 15) is 14.4 Å². The SMILES string of the molecule is CC(=O)Nc1cccc(C(=O)C(=O)c2c3ccccc3cc3ccccc23)c1. The summed E-state index contributed by atoms with van der Waals surface area (Å²) in [6.07, 6.45) is 0. The van der Waals surface area contributed by atoms with Crippen LogP contribution in [0.15, 0.2) is 78.9 Å². The number of carbonyl (C=O) groups excluding carboxylic acids is 3. The van der Waals surface area contributed by atoms with Gasteiger partial charge in [0.25, 0.3) is 0 Å². The van der Waals surface area contributed by atoms with Gasteiger partial charge >= 0.3 is 0 Å². The van der Waals surface area contributed by atoms with Crippen LogP contribution in [0.3, 0.4) is 0 Å². The maximum atomic E-state index is 13.3. The number of rotatable bonds is 4. The van der Waals surface area contributed by atoms with Crippen molar-refractivity contribution in [1.29, 1.82) is 0 Å². The first-order valence-corrected chi connectivity index (χ1v) is 8.92. The third kappa shape index (κ3) is 3.16. The highest BCUT2D eigenvalue weighted by Crippen LogP contribution is 2.29. The molecule has 0 spiro atoms. The second kappa shape index (κ2) is 7.08. The molecule has 0 atom stereocenters. The predicted molar refractivity (Wildman–Crippen MR) is 111 cm³/mol. The summed E-state index contributed by atoms with van der Waals surface area (Å²) >= 11 is 0. The molecule has 0 saturated carbocycles. The number of hydrogen-bond donors (Lipinski definition) is 1. The van der Waals surface area contributed by atoms with Gasteiger partial charge in [0.15, 0.2) is 0 Å². The highest BCUT2D eigenvalue weighted by molar-refractivity contribution is 6.52. The molecule has 4 heteroatoms. The molecule has 0 aliphatic heterocycles. The molecular weight excluding hydrogens is 350 g/mol. The first-order valence-electron chi connectivity index (χ1n) is 8.92. The highest BCUT2D eigenvalue weighted by atomic mass is 16.2. The van der Waals surface area contributed by atoms with E-state index in [2.05, 4.69) is 5.32 Å². The van der Waals surface area contributed by atoms with Crippen LogP contribution in [-0.2, 0) is 4.79 Å². The summed E-state index contributed by atoms with van der Waals surface area (Å²) in [6.45, 7) is 1.39. The van der Waals surface area contributed by atoms with Gasteiger partial charge in [-0.15, -0.1) is 0 Å². The average molecular weight is 367 g/mol. The molecule has 0 aromatic heterocycles. The van der Waals surface area contributed by atoms with Crippen molar-refractivity contribution < 1.29 is 14.4 Å². The van der Waals surface area contributed by atoms with E-state index in [-0.39, 0.29) is 11.5 Å². The summed E-state index contributed by atoms with van der Waals surface area (Å²) in [5, 5.41) is 5.94. The summed E-state index contributed by atoms with van der Waals surface area (Å²) in [7, 11) is 0. The van der Waals surface area contributed by atoms with Gasteiger partial charge in [-0.05, 0) is 39.7 Å². The maximum absolute atomic E-state index is 13.3. The zero-order valence-corrected chi connectivity index (χ0v) is 15.2. The van der Waals surface area contributed by atoms with Crippen LogP contribution in [-0.4, -0.2) is 17.5 Å². The number of hydrogen-bond acceptors (Lipinski definition) is 3. The molecule has 0 heterocycles. The van der Waals surface area contributed by atoms with Crippen LogP contribution in [0.25, 0.3) is 21.5 Å². The normalized spacial score (nSPS) is 10.8. The molecule has 136 valence electrons. The molecule has 4 aromatic rings. The van der Waals surface area contributed by atoms with Gasteiger partial charge in [0.2, 0.25) is 17.5 Å². The first-order chi connectivity index (χ1) is 13.5. The smallest absolute Gasteiger partial charge is 0.234 e. The van der Waals surface area contributed by atoms with E-state index in [1.807, 2.05) is 54.6 Å². The first kappa shape index (κ1) is 17.6. The van der Waals surface area contributed by atoms with Gasteiger partial charge in [0.05, 0.1) is 0 Å². The molecule has 0 bridgehead atoms. The molecule has 4 rings (SSSR count). The van der Waals surface area contributed by atoms with Gasteiger partial charge in [-0.2, -0.15) is 0 Å². The van der Waals surface area contributed by atoms with Crippen molar-refractivity contribution in [3.8, 4) is 0 Å². The van der Waals surface area contributed by atoms with Gasteiger partial charge in [-0.1, -0.05) is 60.7 Å². The second-order valence-electron chi connectivity index (χ2n) is 6.61. The molecule has 4 nitrogen and oxygen atoms in total. The van der Waals surface area contributed by atoms with Crippen molar-refractivity contribution in [3.05, 3.63) is 90.0 Å². The number of anilines is 1. The molecule has 1 amide bonds. The van der Waals surface area contributed by atoms with Gasteiger partial charge in [0, 0.05) is 23.7 Å². The van der Waals surface area contributed by atoms with E-state index >= 15 is 0 Å². The minimum absolute atomic E-state index is 0.240. The fourth-order valence-corrected chi connectivity index (χ4v) is 3.44. The molecule has 0 saturated heterocycles. The lowest BCUT2D eigenvalue weighted by Gasteiger charge is -2.11. The average Bonchev–Trinajstić information content (AvgIpc) is 2.70. The Morgan fingerprint density at radius 2 is 1.29 bits per heavy atom. The summed E-state index contributed by atoms with van der Waals surface area (Å²) in [5.41, 5.74) is 1.13. The number of Topliss-reactive ketones (excluding diaryl/α,β-unsaturated/α-hetero) is 2. The van der Waals surface area contributed by atoms with Crippen molar-refractivity contribution in [1.82, 2.24) is 0 Å². The molecule has 4 aromatic carbocycles. The van der Waals surface area contributed by atoms with Gasteiger partial charge < -0.3 is 5.32 Å². The van der Waals surface area contributed by atoms with Crippen molar-refractivity contribution in [2.75, 3.05) is 5.32 Å². The zero-order valence-electron chi connectivity index (χ0n) is 15.2. The second-order valence-corrected chi connectivity index (χ2v) is 6.61. The third-order valence-electron chi connectivity index (χ3n) is 4.65. The van der Waals surface area contributed by atoms with E-state index in [0.29, 0.717) is 11.3 Å². The summed E-state index contributed by atoms with van der Waals surface area (Å²) in [5.74, 6) is -1.40. The third-order valence-corrected chi connectivity index (χ3v) is 4.65. The number of fused-ring (bicyclic) bond motifs is 2. The summed E-state index contributed by atoms with van der Waals surface area (Å²) in [4.78, 5) is 37.6. The Morgan fingerprint density at radius 1 is 0.679 bits per heavy atom. The Balaban J connectivity index is 1.86. The molecule has 1 N–H and O–H groups in total. The van der Waals surface area contributed by atoms with Crippen LogP contribution < -0.4 is 5.32 Å². The van der Waals surface area contributed by atoms with E-state index in [0.717, 1.165) is 21.5 Å². The standard InChI is InChI=1S/C24H17NO3/c1-15(26)25-19-10-6-9-18(14-19)23(27)24(28)22-20-11-4-2-7-16(20)13-17-8-3-5-12-21(17)22/h2-14H,1H3,(H,25,26). The Hall–Kier alpha value is -3.79. The van der Waals surface area contributed by atoms with Gasteiger partial charge in [0.1, 0.15) is 0 Å². The fraction of sp³-hybridized carbons (Fsp3) is 0.0417. The maximum Gasteiger partial charge on any atom is 0.234 e. The van der Waals surface area contributed by atoms with Crippen LogP contribution in [0.4, 0.5) is 5.69 Å². The van der Waals surface area contributed by atoms with Crippen LogP contribution in [0.1, 0.15) is 27.6 Å². The highest BCUT2D eigenvalue weighted by Gasteiger charge is 2.23. The number of carbonyl (C=O) groups is 3. The molecule has 0 aliphatic carbocycles. The van der Waals surface area contributed by atoms with E-state index in [4.69, 9.17) is 0 Å². The number of nitrogens with one attached hydrogen (secondary N) is 1. The molecule has 0 fully saturated rings. The number of amides is 1. The lowest BCUT2D eigenvalue weighted by molar-refractivity contribution is -0.114. The van der Waals surface area contributed by atoms with Crippen molar-refractivity contribution in [2.24, 2.45) is 0 Å². The Kier molecular flexibility index (Phi) is 4.45. The molecule has 0 radical (unpaired) electrons. The largest absolute Gasteiger partial charge is 0.326 e. The van der Waals surface area contributed by atoms with Gasteiger partial charge in [-0.3, -0.25) is 14.4 Å². The Bertz CT molecular complexity index is 1200. The van der Waals surface area contributed by atoms with Gasteiger partial charge in [-0.25, -0.2) is 0 Å². The van der Waals surface area contributed by atoms with Crippen molar-refractivity contribution >= 4 is 44.7 Å². The van der Waals surface area contributed by atoms with Crippen LogP contribution >= 0.6 is 0 Å². The number of ketones is 2. The fourth-order valence-electron chi connectivity index (χ4n) is 3.44. The van der Waals surface area contributed by atoms with E-state index < -0.39 is 11.6 Å². The topological polar surface area (TPSA) is 63.2 Å². The summed E-state index contributed by atoms with van der Waals surface area (Å²) in [6, 6.07) is 23.5. The van der Waals surface area contributed by atoms with E-state index in [1.165, 1.54) is 13.0 Å². The molecule has 0 aliphatic rings. The lowest BCUT2D eigenvalue weighted by atomic mass is 9.91. The van der Waals surface area contributed by atoms with Crippen molar-refractivity contribution in [3.63, 3.8) is 0 Å².